The summed E-state index contributed by atoms with van der Waals surface area (Å²) < 4.78 is 14.8. The highest BCUT2D eigenvalue weighted by atomic mass is 16.3. The Morgan fingerprint density at radius 2 is 1.88 bits per heavy atom. The summed E-state index contributed by atoms with van der Waals surface area (Å²) >= 11 is 0. The molecule has 0 spiro atoms. The second kappa shape index (κ2) is 5.07. The molecule has 0 saturated carbocycles. The lowest BCUT2D eigenvalue weighted by molar-refractivity contribution is 0.494. The summed E-state index contributed by atoms with van der Waals surface area (Å²) in [6.07, 6.45) is 4.99. The molecule has 0 amide bonds. The highest BCUT2D eigenvalue weighted by molar-refractivity contribution is 5.94. The molecular weight excluding hydrogens is 318 g/mol. The van der Waals surface area contributed by atoms with E-state index in [1.165, 1.54) is 0 Å². The van der Waals surface area contributed by atoms with Crippen molar-refractivity contribution in [1.82, 2.24) is 24.1 Å². The van der Waals surface area contributed by atoms with Crippen LogP contribution in [0.25, 0.3) is 28.3 Å². The van der Waals surface area contributed by atoms with E-state index in [2.05, 4.69) is 33.5 Å². The third-order valence-electron chi connectivity index (χ3n) is 4.58. The lowest BCUT2D eigenvalue weighted by Crippen LogP contribution is -2.02. The summed E-state index contributed by atoms with van der Waals surface area (Å²) in [6, 6.07) is 7.53. The number of nitrogens with zero attached hydrogens (tertiary/aromatic N) is 5. The Morgan fingerprint density at radius 1 is 1.04 bits per heavy atom. The van der Waals surface area contributed by atoms with E-state index in [9.17, 15) is 0 Å². The van der Waals surface area contributed by atoms with Crippen LogP contribution < -0.4 is 0 Å². The maximum atomic E-state index is 5.50. The molecule has 0 aliphatic carbocycles. The number of furan rings is 2. The van der Waals surface area contributed by atoms with Crippen LogP contribution in [-0.4, -0.2) is 24.1 Å². The first-order chi connectivity index (χ1) is 12.2. The van der Waals surface area contributed by atoms with Gasteiger partial charge >= 0.3 is 0 Å². The van der Waals surface area contributed by atoms with Gasteiger partial charge in [0.25, 0.3) is 0 Å². The van der Waals surface area contributed by atoms with E-state index >= 15 is 0 Å². The van der Waals surface area contributed by atoms with Crippen molar-refractivity contribution >= 4 is 16.7 Å². The van der Waals surface area contributed by atoms with Gasteiger partial charge < -0.3 is 13.4 Å². The van der Waals surface area contributed by atoms with Crippen molar-refractivity contribution in [2.24, 2.45) is 0 Å². The van der Waals surface area contributed by atoms with Crippen molar-refractivity contribution in [2.75, 3.05) is 0 Å². The van der Waals surface area contributed by atoms with E-state index in [1.54, 1.807) is 23.4 Å². The van der Waals surface area contributed by atoms with Gasteiger partial charge in [-0.1, -0.05) is 0 Å². The molecule has 0 N–H and O–H groups in total. The van der Waals surface area contributed by atoms with Crippen molar-refractivity contribution in [3.05, 3.63) is 60.1 Å². The molecule has 5 aromatic rings. The van der Waals surface area contributed by atoms with Crippen molar-refractivity contribution in [2.45, 2.75) is 20.4 Å². The van der Waals surface area contributed by atoms with Crippen LogP contribution in [0.4, 0.5) is 0 Å². The summed E-state index contributed by atoms with van der Waals surface area (Å²) in [4.78, 5) is 9.29. The molecule has 0 fully saturated rings. The van der Waals surface area contributed by atoms with Crippen molar-refractivity contribution < 1.29 is 8.83 Å². The Hall–Kier alpha value is -3.35. The highest BCUT2D eigenvalue weighted by Gasteiger charge is 2.19. The SMILES string of the molecule is Cc1c(C)n(Cc2ccco2)c2ncn3nc(-c4ccco4)nc3c12. The molecule has 7 heteroatoms. The van der Waals surface area contributed by atoms with Crippen LogP contribution in [0.3, 0.4) is 0 Å². The molecule has 5 heterocycles. The maximum absolute atomic E-state index is 5.50. The van der Waals surface area contributed by atoms with Crippen LogP contribution >= 0.6 is 0 Å². The van der Waals surface area contributed by atoms with Gasteiger partial charge in [-0.3, -0.25) is 0 Å². The molecule has 7 nitrogen and oxygen atoms in total. The quantitative estimate of drug-likeness (QED) is 0.504. The lowest BCUT2D eigenvalue weighted by Gasteiger charge is -2.05. The van der Waals surface area contributed by atoms with E-state index in [1.807, 2.05) is 24.3 Å². The van der Waals surface area contributed by atoms with E-state index < -0.39 is 0 Å². The van der Waals surface area contributed by atoms with Crippen LogP contribution in [0.1, 0.15) is 17.0 Å². The summed E-state index contributed by atoms with van der Waals surface area (Å²) in [5.41, 5.74) is 3.92. The van der Waals surface area contributed by atoms with Crippen LogP contribution in [0.2, 0.25) is 0 Å². The highest BCUT2D eigenvalue weighted by Crippen LogP contribution is 2.28. The molecule has 0 saturated heterocycles. The Morgan fingerprint density at radius 3 is 2.64 bits per heavy atom. The second-order valence-corrected chi connectivity index (χ2v) is 6.00. The van der Waals surface area contributed by atoms with Gasteiger partial charge in [0.15, 0.2) is 11.4 Å². The molecule has 0 aliphatic rings. The predicted octanol–water partition coefficient (Wildman–Crippen LogP) is 3.60. The Balaban J connectivity index is 1.76. The largest absolute Gasteiger partial charge is 0.467 e. The first-order valence-corrected chi connectivity index (χ1v) is 7.99. The topological polar surface area (TPSA) is 74.3 Å². The van der Waals surface area contributed by atoms with Crippen LogP contribution in [0.5, 0.6) is 0 Å². The summed E-state index contributed by atoms with van der Waals surface area (Å²) in [7, 11) is 0. The van der Waals surface area contributed by atoms with Gasteiger partial charge in [0, 0.05) is 5.69 Å². The van der Waals surface area contributed by atoms with Crippen LogP contribution in [-0.2, 0) is 6.54 Å². The van der Waals surface area contributed by atoms with Crippen molar-refractivity contribution in [1.29, 1.82) is 0 Å². The predicted molar refractivity (Wildman–Crippen MR) is 91.3 cm³/mol. The molecule has 0 aliphatic heterocycles. The minimum absolute atomic E-state index is 0.551. The van der Waals surface area contributed by atoms with Gasteiger partial charge in [-0.15, -0.1) is 5.10 Å². The average molecular weight is 333 g/mol. The third kappa shape index (κ3) is 2.02. The Bertz CT molecular complexity index is 1180. The summed E-state index contributed by atoms with van der Waals surface area (Å²) in [5.74, 6) is 2.08. The fourth-order valence-electron chi connectivity index (χ4n) is 3.19. The molecule has 0 bridgehead atoms. The van der Waals surface area contributed by atoms with E-state index in [0.29, 0.717) is 18.1 Å². The molecule has 5 rings (SSSR count). The van der Waals surface area contributed by atoms with Gasteiger partial charge in [-0.2, -0.15) is 0 Å². The van der Waals surface area contributed by atoms with Gasteiger partial charge in [-0.25, -0.2) is 14.5 Å². The van der Waals surface area contributed by atoms with Crippen molar-refractivity contribution in [3.8, 4) is 11.6 Å². The first kappa shape index (κ1) is 14.0. The summed E-state index contributed by atoms with van der Waals surface area (Å²) in [6.45, 7) is 4.80. The fourth-order valence-corrected chi connectivity index (χ4v) is 3.19. The minimum Gasteiger partial charge on any atom is -0.467 e. The van der Waals surface area contributed by atoms with Crippen LogP contribution in [0, 0.1) is 13.8 Å². The molecule has 0 unspecified atom stereocenters. The minimum atomic E-state index is 0.551. The molecule has 25 heavy (non-hydrogen) atoms. The fraction of sp³-hybridized carbons (Fsp3) is 0.167. The zero-order valence-corrected chi connectivity index (χ0v) is 13.8. The molecule has 0 atom stereocenters. The number of aryl methyl sites for hydroxylation is 1. The van der Waals surface area contributed by atoms with Crippen LogP contribution in [0.15, 0.2) is 52.0 Å². The third-order valence-corrected chi connectivity index (χ3v) is 4.58. The first-order valence-electron chi connectivity index (χ1n) is 7.99. The second-order valence-electron chi connectivity index (χ2n) is 6.00. The molecular formula is C18H15N5O2. The molecule has 124 valence electrons. The smallest absolute Gasteiger partial charge is 0.217 e. The average Bonchev–Trinajstić information content (AvgIpc) is 3.39. The van der Waals surface area contributed by atoms with Crippen molar-refractivity contribution in [3.63, 3.8) is 0 Å². The standard InChI is InChI=1S/C18H15N5O2/c1-11-12(2)22(9-13-5-3-7-24-13)17-15(11)18-20-16(14-6-4-8-25-14)21-23(18)10-19-17/h3-8,10H,9H2,1-2H3. The number of hydrogen-bond donors (Lipinski definition) is 0. The lowest BCUT2D eigenvalue weighted by atomic mass is 10.2. The Kier molecular flexibility index (Phi) is 2.85. The zero-order valence-electron chi connectivity index (χ0n) is 13.8. The normalized spacial score (nSPS) is 11.8. The van der Waals surface area contributed by atoms with E-state index in [4.69, 9.17) is 8.83 Å². The molecule has 0 radical (unpaired) electrons. The van der Waals surface area contributed by atoms with Gasteiger partial charge in [-0.05, 0) is 43.7 Å². The number of fused-ring (bicyclic) bond motifs is 3. The number of aromatic nitrogens is 5. The maximum Gasteiger partial charge on any atom is 0.217 e. The molecule has 5 aromatic heterocycles. The van der Waals surface area contributed by atoms with Gasteiger partial charge in [0.1, 0.15) is 17.7 Å². The van der Waals surface area contributed by atoms with Gasteiger partial charge in [0.05, 0.1) is 24.5 Å². The number of rotatable bonds is 3. The summed E-state index contributed by atoms with van der Waals surface area (Å²) in [5, 5.41) is 5.48. The monoisotopic (exact) mass is 333 g/mol. The zero-order chi connectivity index (χ0) is 17.0. The number of hydrogen-bond acceptors (Lipinski definition) is 5. The van der Waals surface area contributed by atoms with Gasteiger partial charge in [0.2, 0.25) is 5.82 Å². The van der Waals surface area contributed by atoms with E-state index in [-0.39, 0.29) is 0 Å². The molecule has 0 aromatic carbocycles. The Labute approximate surface area is 142 Å². The van der Waals surface area contributed by atoms with E-state index in [0.717, 1.165) is 33.7 Å².